The maximum absolute atomic E-state index is 12.8. The molecule has 0 fully saturated rings. The summed E-state index contributed by atoms with van der Waals surface area (Å²) in [5.41, 5.74) is 1.76. The van der Waals surface area contributed by atoms with E-state index in [9.17, 15) is 13.2 Å². The number of hydrogen-bond donors (Lipinski definition) is 0. The third-order valence-electron chi connectivity index (χ3n) is 3.99. The van der Waals surface area contributed by atoms with Gasteiger partial charge in [-0.2, -0.15) is 8.42 Å². The van der Waals surface area contributed by atoms with E-state index in [0.717, 1.165) is 15.8 Å². The number of aromatic nitrogens is 1. The second-order valence-corrected chi connectivity index (χ2v) is 8.60. The van der Waals surface area contributed by atoms with Gasteiger partial charge in [-0.3, -0.25) is 4.79 Å². The molecular weight excluding hydrogens is 400 g/mol. The van der Waals surface area contributed by atoms with Crippen molar-refractivity contribution in [2.24, 2.45) is 4.40 Å². The van der Waals surface area contributed by atoms with Crippen LogP contribution in [0, 0.1) is 6.92 Å². The molecule has 0 bridgehead atoms. The zero-order chi connectivity index (χ0) is 20.3. The van der Waals surface area contributed by atoms with Crippen LogP contribution in [-0.4, -0.2) is 32.7 Å². The number of rotatable bonds is 6. The quantitative estimate of drug-likeness (QED) is 0.572. The molecule has 7 nitrogen and oxygen atoms in total. The number of fused-ring (bicyclic) bond motifs is 1. The number of hydrogen-bond acceptors (Lipinski definition) is 6. The Kier molecular flexibility index (Phi) is 5.85. The van der Waals surface area contributed by atoms with E-state index in [0.29, 0.717) is 5.75 Å². The molecule has 9 heteroatoms. The maximum atomic E-state index is 12.8. The van der Waals surface area contributed by atoms with Gasteiger partial charge >= 0.3 is 5.97 Å². The van der Waals surface area contributed by atoms with Crippen LogP contribution in [0.4, 0.5) is 0 Å². The lowest BCUT2D eigenvalue weighted by molar-refractivity contribution is -0.143. The number of ether oxygens (including phenoxy) is 2. The molecule has 0 aliphatic heterocycles. The van der Waals surface area contributed by atoms with E-state index < -0.39 is 16.0 Å². The maximum Gasteiger partial charge on any atom is 0.326 e. The minimum Gasteiger partial charge on any atom is -0.497 e. The highest BCUT2D eigenvalue weighted by atomic mass is 32.2. The fraction of sp³-hybridized carbons (Fsp3) is 0.263. The second-order valence-electron chi connectivity index (χ2n) is 5.99. The van der Waals surface area contributed by atoms with E-state index >= 15 is 0 Å². The van der Waals surface area contributed by atoms with Crippen LogP contribution in [-0.2, 0) is 26.1 Å². The highest BCUT2D eigenvalue weighted by molar-refractivity contribution is 7.90. The number of carbonyl (C=O) groups excluding carboxylic acids is 1. The van der Waals surface area contributed by atoms with Crippen LogP contribution >= 0.6 is 11.3 Å². The van der Waals surface area contributed by atoms with Gasteiger partial charge in [0.15, 0.2) is 0 Å². The first-order valence-electron chi connectivity index (χ1n) is 8.54. The molecule has 1 aromatic heterocycles. The summed E-state index contributed by atoms with van der Waals surface area (Å²) in [6, 6.07) is 11.7. The van der Waals surface area contributed by atoms with Crippen molar-refractivity contribution in [3.63, 3.8) is 0 Å². The first kappa shape index (κ1) is 20.1. The van der Waals surface area contributed by atoms with Crippen molar-refractivity contribution in [1.29, 1.82) is 0 Å². The van der Waals surface area contributed by atoms with Gasteiger partial charge in [-0.1, -0.05) is 17.4 Å². The van der Waals surface area contributed by atoms with E-state index in [1.165, 1.54) is 30.6 Å². The van der Waals surface area contributed by atoms with Gasteiger partial charge in [0.1, 0.15) is 12.3 Å². The van der Waals surface area contributed by atoms with E-state index in [-0.39, 0.29) is 22.8 Å². The third-order valence-corrected chi connectivity index (χ3v) is 6.42. The summed E-state index contributed by atoms with van der Waals surface area (Å²) in [5, 5.41) is 0. The Labute approximate surface area is 166 Å². The molecule has 0 aliphatic rings. The summed E-state index contributed by atoms with van der Waals surface area (Å²) in [4.78, 5) is 12.3. The Hall–Kier alpha value is -2.65. The summed E-state index contributed by atoms with van der Waals surface area (Å²) >= 11 is 1.21. The first-order chi connectivity index (χ1) is 13.3. The molecule has 0 amide bonds. The number of esters is 1. The summed E-state index contributed by atoms with van der Waals surface area (Å²) in [5.74, 6) is 0.0970. The number of aryl methyl sites for hydroxylation is 1. The largest absolute Gasteiger partial charge is 0.497 e. The fourth-order valence-electron chi connectivity index (χ4n) is 2.64. The van der Waals surface area contributed by atoms with Crippen molar-refractivity contribution >= 4 is 37.5 Å². The van der Waals surface area contributed by atoms with Gasteiger partial charge in [-0.15, -0.1) is 4.40 Å². The van der Waals surface area contributed by atoms with Crippen LogP contribution in [0.25, 0.3) is 10.2 Å². The van der Waals surface area contributed by atoms with Crippen LogP contribution in [0.2, 0.25) is 0 Å². The monoisotopic (exact) mass is 420 g/mol. The zero-order valence-electron chi connectivity index (χ0n) is 15.7. The molecule has 3 rings (SSSR count). The molecule has 28 heavy (non-hydrogen) atoms. The molecule has 2 aromatic carbocycles. The molecule has 0 aliphatic carbocycles. The smallest absolute Gasteiger partial charge is 0.326 e. The summed E-state index contributed by atoms with van der Waals surface area (Å²) in [7, 11) is -2.45. The molecule has 0 spiro atoms. The zero-order valence-corrected chi connectivity index (χ0v) is 17.3. The highest BCUT2D eigenvalue weighted by Gasteiger charge is 2.16. The molecule has 0 N–H and O–H groups in total. The summed E-state index contributed by atoms with van der Waals surface area (Å²) in [6.45, 7) is 3.79. The summed E-state index contributed by atoms with van der Waals surface area (Å²) in [6.07, 6.45) is 0. The van der Waals surface area contributed by atoms with Crippen molar-refractivity contribution < 1.29 is 22.7 Å². The standard InChI is InChI=1S/C19H20N2O5S2/c1-4-26-18(22)12-21-16-10-5-13(2)11-17(16)27-19(21)20-28(23,24)15-8-6-14(25-3)7-9-15/h5-11H,4,12H2,1-3H3. The predicted molar refractivity (Wildman–Crippen MR) is 107 cm³/mol. The van der Waals surface area contributed by atoms with Gasteiger partial charge in [0.05, 0.1) is 28.8 Å². The van der Waals surface area contributed by atoms with Crippen molar-refractivity contribution in [2.45, 2.75) is 25.3 Å². The highest BCUT2D eigenvalue weighted by Crippen LogP contribution is 2.21. The molecule has 148 valence electrons. The average Bonchev–Trinajstić information content (AvgIpc) is 2.97. The van der Waals surface area contributed by atoms with Crippen molar-refractivity contribution in [3.05, 3.63) is 52.8 Å². The molecule has 0 unspecified atom stereocenters. The summed E-state index contributed by atoms with van der Waals surface area (Å²) < 4.78 is 42.0. The minimum absolute atomic E-state index is 0.0459. The van der Waals surface area contributed by atoms with Crippen LogP contribution in [0.5, 0.6) is 5.75 Å². The first-order valence-corrected chi connectivity index (χ1v) is 10.8. The van der Waals surface area contributed by atoms with Gasteiger partial charge in [0.25, 0.3) is 10.0 Å². The Bertz CT molecular complexity index is 1180. The van der Waals surface area contributed by atoms with Gasteiger partial charge < -0.3 is 14.0 Å². The van der Waals surface area contributed by atoms with Gasteiger partial charge in [0.2, 0.25) is 4.80 Å². The molecule has 0 saturated heterocycles. The van der Waals surface area contributed by atoms with Gasteiger partial charge in [0, 0.05) is 0 Å². The molecule has 0 atom stereocenters. The third kappa shape index (κ3) is 4.26. The van der Waals surface area contributed by atoms with Gasteiger partial charge in [-0.05, 0) is 55.8 Å². The fourth-order valence-corrected chi connectivity index (χ4v) is 4.97. The minimum atomic E-state index is -3.96. The Morgan fingerprint density at radius 1 is 1.18 bits per heavy atom. The van der Waals surface area contributed by atoms with E-state index in [1.54, 1.807) is 23.6 Å². The average molecular weight is 421 g/mol. The van der Waals surface area contributed by atoms with E-state index in [1.807, 2.05) is 25.1 Å². The van der Waals surface area contributed by atoms with Crippen molar-refractivity contribution in [2.75, 3.05) is 13.7 Å². The molecule has 0 saturated carbocycles. The van der Waals surface area contributed by atoms with Crippen LogP contribution in [0.15, 0.2) is 51.8 Å². The number of nitrogens with zero attached hydrogens (tertiary/aromatic N) is 2. The van der Waals surface area contributed by atoms with E-state index in [2.05, 4.69) is 4.40 Å². The Morgan fingerprint density at radius 2 is 1.89 bits per heavy atom. The normalized spacial score (nSPS) is 12.3. The van der Waals surface area contributed by atoms with E-state index in [4.69, 9.17) is 9.47 Å². The molecule has 0 radical (unpaired) electrons. The van der Waals surface area contributed by atoms with Crippen LogP contribution in [0.1, 0.15) is 12.5 Å². The van der Waals surface area contributed by atoms with Crippen LogP contribution < -0.4 is 9.54 Å². The van der Waals surface area contributed by atoms with Crippen LogP contribution in [0.3, 0.4) is 0 Å². The second kappa shape index (κ2) is 8.15. The number of carbonyl (C=O) groups is 1. The number of benzene rings is 2. The Balaban J connectivity index is 2.15. The van der Waals surface area contributed by atoms with Crippen molar-refractivity contribution in [3.8, 4) is 5.75 Å². The SMILES string of the molecule is CCOC(=O)Cn1c(=NS(=O)(=O)c2ccc(OC)cc2)sc2cc(C)ccc21. The Morgan fingerprint density at radius 3 is 2.54 bits per heavy atom. The lowest BCUT2D eigenvalue weighted by atomic mass is 10.2. The topological polar surface area (TPSA) is 87.0 Å². The molecule has 3 aromatic rings. The number of methoxy groups -OCH3 is 1. The molecule has 1 heterocycles. The predicted octanol–water partition coefficient (Wildman–Crippen LogP) is 2.87. The number of thiazole rings is 1. The number of sulfonamides is 1. The van der Waals surface area contributed by atoms with Crippen molar-refractivity contribution in [1.82, 2.24) is 4.57 Å². The van der Waals surface area contributed by atoms with Gasteiger partial charge in [-0.25, -0.2) is 0 Å². The lowest BCUT2D eigenvalue weighted by Gasteiger charge is -2.05. The molecular formula is C19H20N2O5S2. The lowest BCUT2D eigenvalue weighted by Crippen LogP contribution is -2.23.